The number of methoxy groups -OCH3 is 1. The molecular formula is C21H28N4O4S. The monoisotopic (exact) mass is 432 g/mol. The minimum Gasteiger partial charge on any atom is -0.496 e. The number of rotatable bonds is 8. The summed E-state index contributed by atoms with van der Waals surface area (Å²) in [4.78, 5) is 17.1. The van der Waals surface area contributed by atoms with Crippen LogP contribution in [0.15, 0.2) is 53.4 Å². The van der Waals surface area contributed by atoms with E-state index in [0.29, 0.717) is 12.3 Å². The van der Waals surface area contributed by atoms with E-state index in [2.05, 4.69) is 39.4 Å². The van der Waals surface area contributed by atoms with Crippen LogP contribution in [0, 0.1) is 0 Å². The lowest BCUT2D eigenvalue weighted by molar-refractivity contribution is 0.0948. The highest BCUT2D eigenvalue weighted by molar-refractivity contribution is 7.89. The first kappa shape index (κ1) is 22.1. The van der Waals surface area contributed by atoms with Gasteiger partial charge in [0.15, 0.2) is 0 Å². The number of amides is 1. The van der Waals surface area contributed by atoms with Crippen LogP contribution in [-0.2, 0) is 10.0 Å². The van der Waals surface area contributed by atoms with E-state index in [4.69, 9.17) is 9.88 Å². The SMILES string of the molecule is COc1ccc(S(N)(=O)=O)cc1C(=O)NCCCN1CCN(c2ccccc2)CC1. The van der Waals surface area contributed by atoms with Gasteiger partial charge in [-0.05, 0) is 43.3 Å². The second-order valence-electron chi connectivity index (χ2n) is 7.18. The highest BCUT2D eigenvalue weighted by Crippen LogP contribution is 2.22. The van der Waals surface area contributed by atoms with Gasteiger partial charge in [-0.25, -0.2) is 13.6 Å². The lowest BCUT2D eigenvalue weighted by Crippen LogP contribution is -2.47. The Bertz CT molecular complexity index is 958. The number of anilines is 1. The Balaban J connectivity index is 1.45. The zero-order valence-electron chi connectivity index (χ0n) is 17.1. The molecule has 162 valence electrons. The van der Waals surface area contributed by atoms with Crippen LogP contribution in [0.2, 0.25) is 0 Å². The van der Waals surface area contributed by atoms with Crippen LogP contribution in [-0.4, -0.2) is 65.6 Å². The molecule has 8 nitrogen and oxygen atoms in total. The number of carbonyl (C=O) groups excluding carboxylic acids is 1. The van der Waals surface area contributed by atoms with E-state index in [0.717, 1.165) is 39.1 Å². The predicted molar refractivity (Wildman–Crippen MR) is 116 cm³/mol. The minimum atomic E-state index is -3.89. The Labute approximate surface area is 177 Å². The van der Waals surface area contributed by atoms with Crippen LogP contribution in [0.25, 0.3) is 0 Å². The molecule has 0 spiro atoms. The van der Waals surface area contributed by atoms with Crippen LogP contribution in [0.4, 0.5) is 5.69 Å². The molecule has 0 aromatic heterocycles. The van der Waals surface area contributed by atoms with Crippen molar-refractivity contribution in [2.75, 3.05) is 51.3 Å². The summed E-state index contributed by atoms with van der Waals surface area (Å²) in [6.45, 7) is 5.29. The first-order chi connectivity index (χ1) is 14.4. The highest BCUT2D eigenvalue weighted by atomic mass is 32.2. The summed E-state index contributed by atoms with van der Waals surface area (Å²) in [5.74, 6) is -0.0804. The van der Waals surface area contributed by atoms with E-state index in [1.807, 2.05) is 6.07 Å². The van der Waals surface area contributed by atoms with Crippen molar-refractivity contribution < 1.29 is 17.9 Å². The van der Waals surface area contributed by atoms with Gasteiger partial charge >= 0.3 is 0 Å². The first-order valence-electron chi connectivity index (χ1n) is 9.90. The van der Waals surface area contributed by atoms with E-state index in [-0.39, 0.29) is 16.4 Å². The molecular weight excluding hydrogens is 404 g/mol. The first-order valence-corrected chi connectivity index (χ1v) is 11.4. The number of nitrogens with one attached hydrogen (secondary N) is 1. The number of sulfonamides is 1. The van der Waals surface area contributed by atoms with Crippen molar-refractivity contribution in [3.8, 4) is 5.75 Å². The Morgan fingerprint density at radius 3 is 2.43 bits per heavy atom. The smallest absolute Gasteiger partial charge is 0.255 e. The maximum Gasteiger partial charge on any atom is 0.255 e. The van der Waals surface area contributed by atoms with E-state index in [9.17, 15) is 13.2 Å². The Kier molecular flexibility index (Phi) is 7.30. The molecule has 3 rings (SSSR count). The third-order valence-corrected chi connectivity index (χ3v) is 6.09. The molecule has 0 aliphatic carbocycles. The summed E-state index contributed by atoms with van der Waals surface area (Å²) in [6, 6.07) is 14.4. The number of ether oxygens (including phenoxy) is 1. The van der Waals surface area contributed by atoms with Crippen molar-refractivity contribution in [3.05, 3.63) is 54.1 Å². The van der Waals surface area contributed by atoms with Gasteiger partial charge in [0, 0.05) is 38.4 Å². The van der Waals surface area contributed by atoms with Crippen LogP contribution in [0.3, 0.4) is 0 Å². The standard InChI is InChI=1S/C21H28N4O4S/c1-29-20-9-8-18(30(22,27)28)16-19(20)21(26)23-10-5-11-24-12-14-25(15-13-24)17-6-3-2-4-7-17/h2-4,6-9,16H,5,10-15H2,1H3,(H,23,26)(H2,22,27,28). The normalized spacial score (nSPS) is 15.1. The average molecular weight is 433 g/mol. The molecule has 2 aromatic rings. The van der Waals surface area contributed by atoms with Gasteiger partial charge in [-0.3, -0.25) is 9.69 Å². The number of para-hydroxylation sites is 1. The van der Waals surface area contributed by atoms with Crippen molar-refractivity contribution in [1.82, 2.24) is 10.2 Å². The Morgan fingerprint density at radius 1 is 1.10 bits per heavy atom. The second kappa shape index (κ2) is 9.92. The fourth-order valence-electron chi connectivity index (χ4n) is 3.51. The zero-order chi connectivity index (χ0) is 21.6. The molecule has 1 amide bonds. The van der Waals surface area contributed by atoms with Crippen molar-refractivity contribution in [2.24, 2.45) is 5.14 Å². The third-order valence-electron chi connectivity index (χ3n) is 5.17. The fraction of sp³-hybridized carbons (Fsp3) is 0.381. The van der Waals surface area contributed by atoms with E-state index < -0.39 is 10.0 Å². The molecule has 0 unspecified atom stereocenters. The molecule has 3 N–H and O–H groups in total. The molecule has 2 aromatic carbocycles. The Hall–Kier alpha value is -2.62. The van der Waals surface area contributed by atoms with Gasteiger partial charge in [0.25, 0.3) is 5.91 Å². The summed E-state index contributed by atoms with van der Waals surface area (Å²) in [6.07, 6.45) is 0.800. The molecule has 1 fully saturated rings. The quantitative estimate of drug-likeness (QED) is 0.609. The highest BCUT2D eigenvalue weighted by Gasteiger charge is 2.18. The number of carbonyl (C=O) groups is 1. The maximum absolute atomic E-state index is 12.5. The fourth-order valence-corrected chi connectivity index (χ4v) is 4.05. The molecule has 0 saturated carbocycles. The summed E-state index contributed by atoms with van der Waals surface area (Å²) in [5, 5.41) is 7.99. The summed E-state index contributed by atoms with van der Waals surface area (Å²) >= 11 is 0. The second-order valence-corrected chi connectivity index (χ2v) is 8.74. The van der Waals surface area contributed by atoms with E-state index in [1.54, 1.807) is 0 Å². The molecule has 0 atom stereocenters. The van der Waals surface area contributed by atoms with Gasteiger partial charge in [0.2, 0.25) is 10.0 Å². The molecule has 0 bridgehead atoms. The van der Waals surface area contributed by atoms with Crippen molar-refractivity contribution in [1.29, 1.82) is 0 Å². The Morgan fingerprint density at radius 2 is 1.80 bits per heavy atom. The number of hydrogen-bond donors (Lipinski definition) is 2. The lowest BCUT2D eigenvalue weighted by Gasteiger charge is -2.36. The number of piperazine rings is 1. The van der Waals surface area contributed by atoms with Crippen LogP contribution in [0.1, 0.15) is 16.8 Å². The van der Waals surface area contributed by atoms with Crippen LogP contribution in [0.5, 0.6) is 5.75 Å². The number of nitrogens with zero attached hydrogens (tertiary/aromatic N) is 2. The largest absolute Gasteiger partial charge is 0.496 e. The number of nitrogens with two attached hydrogens (primary N) is 1. The van der Waals surface area contributed by atoms with Crippen molar-refractivity contribution in [3.63, 3.8) is 0 Å². The topological polar surface area (TPSA) is 105 Å². The summed E-state index contributed by atoms with van der Waals surface area (Å²) in [7, 11) is -2.47. The molecule has 30 heavy (non-hydrogen) atoms. The van der Waals surface area contributed by atoms with Gasteiger partial charge in [-0.2, -0.15) is 0 Å². The number of primary sulfonamides is 1. The number of benzene rings is 2. The third kappa shape index (κ3) is 5.71. The molecule has 1 heterocycles. The van der Waals surface area contributed by atoms with Crippen molar-refractivity contribution >= 4 is 21.6 Å². The molecule has 0 radical (unpaired) electrons. The van der Waals surface area contributed by atoms with Gasteiger partial charge in [0.1, 0.15) is 5.75 Å². The van der Waals surface area contributed by atoms with Crippen LogP contribution < -0.4 is 20.1 Å². The van der Waals surface area contributed by atoms with Gasteiger partial charge in [-0.1, -0.05) is 18.2 Å². The summed E-state index contributed by atoms with van der Waals surface area (Å²) < 4.78 is 28.3. The van der Waals surface area contributed by atoms with Gasteiger partial charge < -0.3 is 15.0 Å². The van der Waals surface area contributed by atoms with Gasteiger partial charge in [-0.15, -0.1) is 0 Å². The summed E-state index contributed by atoms with van der Waals surface area (Å²) in [5.41, 5.74) is 1.40. The average Bonchev–Trinajstić information content (AvgIpc) is 2.76. The van der Waals surface area contributed by atoms with Crippen molar-refractivity contribution in [2.45, 2.75) is 11.3 Å². The lowest BCUT2D eigenvalue weighted by atomic mass is 10.2. The molecule has 1 aliphatic rings. The molecule has 1 aliphatic heterocycles. The number of hydrogen-bond acceptors (Lipinski definition) is 6. The van der Waals surface area contributed by atoms with E-state index in [1.165, 1.54) is 31.0 Å². The van der Waals surface area contributed by atoms with E-state index >= 15 is 0 Å². The molecule has 1 saturated heterocycles. The minimum absolute atomic E-state index is 0.121. The molecule has 9 heteroatoms. The zero-order valence-corrected chi connectivity index (χ0v) is 17.9. The maximum atomic E-state index is 12.5. The van der Waals surface area contributed by atoms with Gasteiger partial charge in [0.05, 0.1) is 17.6 Å². The predicted octanol–water partition coefficient (Wildman–Crippen LogP) is 1.28. The van der Waals surface area contributed by atoms with Crippen LogP contribution >= 0.6 is 0 Å².